The third-order valence-electron chi connectivity index (χ3n) is 3.83. The highest BCUT2D eigenvalue weighted by Crippen LogP contribution is 2.29. The summed E-state index contributed by atoms with van der Waals surface area (Å²) < 4.78 is 70.6. The zero-order valence-electron chi connectivity index (χ0n) is 13.8. The number of pyridine rings is 1. The molecular weight excluding hydrogens is 399 g/mol. The van der Waals surface area contributed by atoms with Crippen molar-refractivity contribution in [2.45, 2.75) is 5.51 Å². The summed E-state index contributed by atoms with van der Waals surface area (Å²) in [6.45, 7) is 0. The molecule has 0 atom stereocenters. The molecule has 0 saturated heterocycles. The van der Waals surface area contributed by atoms with Crippen LogP contribution in [0.4, 0.5) is 13.2 Å². The first kappa shape index (κ1) is 18.0. The number of halogens is 3. The smallest absolute Gasteiger partial charge is 0.472 e. The SMILES string of the molecule is O=S(=O)(Oc1cccc(-n2cnc3cc(-c4ccoc4)cnc32)c1)C(F)(F)F. The number of rotatable bonds is 4. The maximum absolute atomic E-state index is 12.5. The van der Waals surface area contributed by atoms with Crippen LogP contribution in [0.3, 0.4) is 0 Å². The molecule has 0 N–H and O–H groups in total. The Morgan fingerprint density at radius 3 is 2.61 bits per heavy atom. The van der Waals surface area contributed by atoms with E-state index in [2.05, 4.69) is 14.2 Å². The minimum absolute atomic E-state index is 0.334. The van der Waals surface area contributed by atoms with Crippen LogP contribution in [0.15, 0.2) is 65.9 Å². The molecule has 4 aromatic rings. The molecule has 0 amide bonds. The van der Waals surface area contributed by atoms with Crippen molar-refractivity contribution >= 4 is 21.3 Å². The van der Waals surface area contributed by atoms with E-state index in [9.17, 15) is 21.6 Å². The topological polar surface area (TPSA) is 87.2 Å². The molecule has 11 heteroatoms. The number of fused-ring (bicyclic) bond motifs is 1. The van der Waals surface area contributed by atoms with Crippen molar-refractivity contribution in [2.24, 2.45) is 0 Å². The van der Waals surface area contributed by atoms with E-state index in [1.807, 2.05) is 0 Å². The maximum Gasteiger partial charge on any atom is 0.534 e. The van der Waals surface area contributed by atoms with Gasteiger partial charge in [0.05, 0.1) is 18.2 Å². The lowest BCUT2D eigenvalue weighted by molar-refractivity contribution is -0.0500. The lowest BCUT2D eigenvalue weighted by Gasteiger charge is -2.11. The van der Waals surface area contributed by atoms with E-state index in [1.54, 1.807) is 30.7 Å². The Kier molecular flexibility index (Phi) is 4.11. The lowest BCUT2D eigenvalue weighted by atomic mass is 10.1. The van der Waals surface area contributed by atoms with E-state index < -0.39 is 21.4 Å². The Balaban J connectivity index is 1.71. The summed E-state index contributed by atoms with van der Waals surface area (Å²) in [5.41, 5.74) is -2.62. The molecule has 0 aliphatic carbocycles. The Hall–Kier alpha value is -3.34. The number of imidazole rings is 1. The Bertz CT molecular complexity index is 1250. The van der Waals surface area contributed by atoms with Crippen molar-refractivity contribution in [1.82, 2.24) is 14.5 Å². The highest BCUT2D eigenvalue weighted by atomic mass is 32.2. The Morgan fingerprint density at radius 2 is 1.89 bits per heavy atom. The van der Waals surface area contributed by atoms with Gasteiger partial charge < -0.3 is 8.60 Å². The molecule has 4 rings (SSSR count). The summed E-state index contributed by atoms with van der Waals surface area (Å²) in [7, 11) is -5.76. The number of alkyl halides is 3. The zero-order chi connectivity index (χ0) is 19.9. The molecule has 0 radical (unpaired) electrons. The van der Waals surface area contributed by atoms with Crippen molar-refractivity contribution in [3.05, 3.63) is 61.4 Å². The van der Waals surface area contributed by atoms with Gasteiger partial charge in [0.25, 0.3) is 0 Å². The third kappa shape index (κ3) is 3.20. The molecule has 0 spiro atoms. The fourth-order valence-electron chi connectivity index (χ4n) is 2.54. The standard InChI is InChI=1S/C17H10F3N3O4S/c18-17(19,20)28(24,25)27-14-3-1-2-13(7-14)23-10-22-15-6-12(8-21-16(15)23)11-4-5-26-9-11/h1-10H. The first-order chi connectivity index (χ1) is 13.2. The van der Waals surface area contributed by atoms with Crippen LogP contribution in [-0.4, -0.2) is 28.5 Å². The van der Waals surface area contributed by atoms with Gasteiger partial charge in [0, 0.05) is 23.4 Å². The van der Waals surface area contributed by atoms with E-state index in [-0.39, 0.29) is 0 Å². The van der Waals surface area contributed by atoms with Crippen LogP contribution < -0.4 is 4.18 Å². The second-order valence-electron chi connectivity index (χ2n) is 5.67. The third-order valence-corrected chi connectivity index (χ3v) is 4.81. The first-order valence-corrected chi connectivity index (χ1v) is 9.12. The van der Waals surface area contributed by atoms with Crippen molar-refractivity contribution in [2.75, 3.05) is 0 Å². The summed E-state index contributed by atoms with van der Waals surface area (Å²) in [5, 5.41) is 0. The summed E-state index contributed by atoms with van der Waals surface area (Å²) in [6.07, 6.45) is 6.11. The van der Waals surface area contributed by atoms with Crippen LogP contribution in [-0.2, 0) is 10.1 Å². The molecule has 7 nitrogen and oxygen atoms in total. The molecule has 1 aromatic carbocycles. The number of benzene rings is 1. The normalized spacial score (nSPS) is 12.4. The van der Waals surface area contributed by atoms with Gasteiger partial charge in [-0.15, -0.1) is 0 Å². The van der Waals surface area contributed by atoms with Crippen LogP contribution in [0, 0.1) is 0 Å². The van der Waals surface area contributed by atoms with Gasteiger partial charge in [-0.2, -0.15) is 21.6 Å². The van der Waals surface area contributed by atoms with E-state index in [0.29, 0.717) is 16.9 Å². The summed E-state index contributed by atoms with van der Waals surface area (Å²) in [4.78, 5) is 8.58. The Morgan fingerprint density at radius 1 is 1.07 bits per heavy atom. The van der Waals surface area contributed by atoms with Gasteiger partial charge in [-0.1, -0.05) is 6.07 Å². The monoisotopic (exact) mass is 409 g/mol. The highest BCUT2D eigenvalue weighted by molar-refractivity contribution is 7.88. The molecule has 0 aliphatic rings. The second kappa shape index (κ2) is 6.37. The van der Waals surface area contributed by atoms with Gasteiger partial charge >= 0.3 is 15.6 Å². The largest absolute Gasteiger partial charge is 0.534 e. The minimum atomic E-state index is -5.76. The predicted molar refractivity (Wildman–Crippen MR) is 92.2 cm³/mol. The highest BCUT2D eigenvalue weighted by Gasteiger charge is 2.48. The van der Waals surface area contributed by atoms with E-state index in [1.165, 1.54) is 23.2 Å². The van der Waals surface area contributed by atoms with E-state index in [4.69, 9.17) is 4.42 Å². The van der Waals surface area contributed by atoms with Crippen LogP contribution in [0.2, 0.25) is 0 Å². The van der Waals surface area contributed by atoms with Crippen molar-refractivity contribution in [3.8, 4) is 22.6 Å². The van der Waals surface area contributed by atoms with Gasteiger partial charge in [0.1, 0.15) is 17.6 Å². The average Bonchev–Trinajstić information content (AvgIpc) is 3.30. The van der Waals surface area contributed by atoms with Gasteiger partial charge in [-0.05, 0) is 24.3 Å². The van der Waals surface area contributed by atoms with E-state index >= 15 is 0 Å². The van der Waals surface area contributed by atoms with Crippen molar-refractivity contribution < 1.29 is 30.2 Å². The molecular formula is C17H10F3N3O4S. The molecule has 0 saturated carbocycles. The van der Waals surface area contributed by atoms with Gasteiger partial charge in [-0.3, -0.25) is 4.57 Å². The fourth-order valence-corrected chi connectivity index (χ4v) is 2.99. The molecule has 144 valence electrons. The molecule has 0 aliphatic heterocycles. The number of nitrogens with zero attached hydrogens (tertiary/aromatic N) is 3. The van der Waals surface area contributed by atoms with Crippen LogP contribution >= 0.6 is 0 Å². The summed E-state index contributed by atoms with van der Waals surface area (Å²) in [5.74, 6) is -0.480. The van der Waals surface area contributed by atoms with Crippen molar-refractivity contribution in [1.29, 1.82) is 0 Å². The van der Waals surface area contributed by atoms with Gasteiger partial charge in [0.15, 0.2) is 5.65 Å². The maximum atomic E-state index is 12.5. The van der Waals surface area contributed by atoms with Gasteiger partial charge in [-0.25, -0.2) is 9.97 Å². The number of furan rings is 1. The number of aromatic nitrogens is 3. The Labute approximate surface area is 156 Å². The second-order valence-corrected chi connectivity index (χ2v) is 7.21. The summed E-state index contributed by atoms with van der Waals surface area (Å²) >= 11 is 0. The lowest BCUT2D eigenvalue weighted by Crippen LogP contribution is -2.28. The molecule has 0 fully saturated rings. The van der Waals surface area contributed by atoms with Crippen LogP contribution in [0.5, 0.6) is 5.75 Å². The number of hydrogen-bond donors (Lipinski definition) is 0. The zero-order valence-corrected chi connectivity index (χ0v) is 14.6. The minimum Gasteiger partial charge on any atom is -0.472 e. The molecule has 3 heterocycles. The molecule has 28 heavy (non-hydrogen) atoms. The molecule has 0 unspecified atom stereocenters. The average molecular weight is 409 g/mol. The predicted octanol–water partition coefficient (Wildman–Crippen LogP) is 3.91. The van der Waals surface area contributed by atoms with Gasteiger partial charge in [0.2, 0.25) is 0 Å². The first-order valence-electron chi connectivity index (χ1n) is 7.71. The quantitative estimate of drug-likeness (QED) is 0.375. The van der Waals surface area contributed by atoms with Crippen molar-refractivity contribution in [3.63, 3.8) is 0 Å². The summed E-state index contributed by atoms with van der Waals surface area (Å²) in [6, 6.07) is 8.72. The van der Waals surface area contributed by atoms with E-state index in [0.717, 1.165) is 23.3 Å². The van der Waals surface area contributed by atoms with Crippen LogP contribution in [0.25, 0.3) is 28.0 Å². The molecule has 3 aromatic heterocycles. The molecule has 0 bridgehead atoms. The number of hydrogen-bond acceptors (Lipinski definition) is 6. The fraction of sp³-hybridized carbons (Fsp3) is 0.0588. The van der Waals surface area contributed by atoms with Crippen LogP contribution in [0.1, 0.15) is 0 Å².